The molecule has 2 atom stereocenters. The molecule has 0 spiro atoms. The first-order valence-corrected chi connectivity index (χ1v) is 6.58. The standard InChI is InChI=1S/C13H20FN3/c14-11-4-1-5-12-13(11)17-7-2-3-10(17)9-16(12)8-6-15/h1,4,10,12H,2-3,5-9,15H2/t10-,12-/m1/s1. The summed E-state index contributed by atoms with van der Waals surface area (Å²) in [6.07, 6.45) is 6.88. The maximum absolute atomic E-state index is 14.1. The van der Waals surface area contributed by atoms with Crippen LogP contribution in [0.5, 0.6) is 0 Å². The normalized spacial score (nSPS) is 32.9. The molecule has 0 aromatic heterocycles. The van der Waals surface area contributed by atoms with Crippen molar-refractivity contribution in [3.05, 3.63) is 23.7 Å². The van der Waals surface area contributed by atoms with Crippen molar-refractivity contribution >= 4 is 0 Å². The number of hydrogen-bond acceptors (Lipinski definition) is 3. The molecule has 17 heavy (non-hydrogen) atoms. The van der Waals surface area contributed by atoms with Crippen LogP contribution in [0.4, 0.5) is 4.39 Å². The zero-order chi connectivity index (χ0) is 11.8. The average Bonchev–Trinajstić information content (AvgIpc) is 2.77. The van der Waals surface area contributed by atoms with Gasteiger partial charge in [-0.3, -0.25) is 4.90 Å². The van der Waals surface area contributed by atoms with E-state index in [1.807, 2.05) is 6.08 Å². The monoisotopic (exact) mass is 237 g/mol. The number of nitrogens with zero attached hydrogens (tertiary/aromatic N) is 2. The third-order valence-electron chi connectivity index (χ3n) is 4.17. The van der Waals surface area contributed by atoms with Gasteiger partial charge in [-0.25, -0.2) is 4.39 Å². The molecular weight excluding hydrogens is 217 g/mol. The highest BCUT2D eigenvalue weighted by Gasteiger charge is 2.41. The lowest BCUT2D eigenvalue weighted by Gasteiger charge is -2.47. The second-order valence-corrected chi connectivity index (χ2v) is 5.16. The molecule has 3 nitrogen and oxygen atoms in total. The van der Waals surface area contributed by atoms with Crippen LogP contribution in [0.15, 0.2) is 23.7 Å². The largest absolute Gasteiger partial charge is 0.367 e. The van der Waals surface area contributed by atoms with Gasteiger partial charge in [-0.15, -0.1) is 0 Å². The van der Waals surface area contributed by atoms with Crippen LogP contribution in [0.1, 0.15) is 19.3 Å². The topological polar surface area (TPSA) is 32.5 Å². The summed E-state index contributed by atoms with van der Waals surface area (Å²) in [5.74, 6) is -0.0325. The highest BCUT2D eigenvalue weighted by molar-refractivity contribution is 5.31. The van der Waals surface area contributed by atoms with Crippen LogP contribution in [-0.4, -0.2) is 48.1 Å². The molecular formula is C13H20FN3. The lowest BCUT2D eigenvalue weighted by atomic mass is 9.96. The Labute approximate surface area is 102 Å². The van der Waals surface area contributed by atoms with Crippen LogP contribution in [-0.2, 0) is 0 Å². The van der Waals surface area contributed by atoms with Gasteiger partial charge in [0.1, 0.15) is 5.83 Å². The summed E-state index contributed by atoms with van der Waals surface area (Å²) in [5, 5.41) is 0. The highest BCUT2D eigenvalue weighted by Crippen LogP contribution is 2.37. The molecule has 1 aliphatic carbocycles. The minimum Gasteiger partial charge on any atom is -0.367 e. The van der Waals surface area contributed by atoms with E-state index in [-0.39, 0.29) is 11.9 Å². The number of rotatable bonds is 2. The van der Waals surface area contributed by atoms with E-state index in [4.69, 9.17) is 5.73 Å². The van der Waals surface area contributed by atoms with Crippen molar-refractivity contribution < 1.29 is 4.39 Å². The summed E-state index contributed by atoms with van der Waals surface area (Å²) in [7, 11) is 0. The summed E-state index contributed by atoms with van der Waals surface area (Å²) in [6, 6.07) is 0.725. The summed E-state index contributed by atoms with van der Waals surface area (Å²) in [5.41, 5.74) is 6.60. The van der Waals surface area contributed by atoms with Gasteiger partial charge in [-0.2, -0.15) is 0 Å². The van der Waals surface area contributed by atoms with Crippen molar-refractivity contribution in [3.8, 4) is 0 Å². The first-order valence-electron chi connectivity index (χ1n) is 6.58. The number of hydrogen-bond donors (Lipinski definition) is 1. The SMILES string of the molecule is NCCN1C[C@H]2CCCN2C2=C(F)C=CC[C@H]21. The van der Waals surface area contributed by atoms with E-state index in [9.17, 15) is 4.39 Å². The van der Waals surface area contributed by atoms with Crippen molar-refractivity contribution in [2.24, 2.45) is 5.73 Å². The van der Waals surface area contributed by atoms with E-state index in [1.54, 1.807) is 6.08 Å². The zero-order valence-electron chi connectivity index (χ0n) is 10.1. The number of piperazine rings is 1. The first-order chi connectivity index (χ1) is 8.31. The van der Waals surface area contributed by atoms with E-state index in [0.29, 0.717) is 12.6 Å². The molecule has 0 bridgehead atoms. The molecule has 2 heterocycles. The predicted octanol–water partition coefficient (Wildman–Crippen LogP) is 1.23. The Balaban J connectivity index is 1.93. The van der Waals surface area contributed by atoms with Gasteiger partial charge < -0.3 is 10.6 Å². The molecule has 3 aliphatic rings. The molecule has 4 heteroatoms. The number of halogens is 1. The van der Waals surface area contributed by atoms with Crippen LogP contribution in [0.2, 0.25) is 0 Å². The minimum absolute atomic E-state index is 0.0325. The molecule has 94 valence electrons. The predicted molar refractivity (Wildman–Crippen MR) is 66.0 cm³/mol. The highest BCUT2D eigenvalue weighted by atomic mass is 19.1. The number of allylic oxidation sites excluding steroid dienone is 2. The second-order valence-electron chi connectivity index (χ2n) is 5.16. The van der Waals surface area contributed by atoms with E-state index < -0.39 is 0 Å². The Morgan fingerprint density at radius 2 is 2.35 bits per heavy atom. The van der Waals surface area contributed by atoms with Gasteiger partial charge in [-0.05, 0) is 25.3 Å². The van der Waals surface area contributed by atoms with Gasteiger partial charge in [0.2, 0.25) is 0 Å². The Morgan fingerprint density at radius 3 is 3.18 bits per heavy atom. The maximum atomic E-state index is 14.1. The fourth-order valence-corrected chi connectivity index (χ4v) is 3.46. The number of nitrogens with two attached hydrogens (primary N) is 1. The molecule has 0 aromatic carbocycles. The minimum atomic E-state index is -0.0325. The lowest BCUT2D eigenvalue weighted by molar-refractivity contribution is 0.0915. The molecule has 0 amide bonds. The second kappa shape index (κ2) is 4.42. The molecule has 2 saturated heterocycles. The van der Waals surface area contributed by atoms with Crippen molar-refractivity contribution in [3.63, 3.8) is 0 Å². The quantitative estimate of drug-likeness (QED) is 0.784. The molecule has 2 N–H and O–H groups in total. The molecule has 0 unspecified atom stereocenters. The van der Waals surface area contributed by atoms with Crippen molar-refractivity contribution in [1.29, 1.82) is 0 Å². The maximum Gasteiger partial charge on any atom is 0.143 e. The van der Waals surface area contributed by atoms with E-state index in [1.165, 1.54) is 12.8 Å². The third-order valence-corrected chi connectivity index (χ3v) is 4.17. The van der Waals surface area contributed by atoms with Gasteiger partial charge in [-0.1, -0.05) is 6.08 Å². The summed E-state index contributed by atoms with van der Waals surface area (Å²) < 4.78 is 14.1. The van der Waals surface area contributed by atoms with E-state index in [2.05, 4.69) is 9.80 Å². The van der Waals surface area contributed by atoms with Gasteiger partial charge in [0.05, 0.1) is 11.7 Å². The molecule has 0 radical (unpaired) electrons. The van der Waals surface area contributed by atoms with Crippen LogP contribution in [0.3, 0.4) is 0 Å². The van der Waals surface area contributed by atoms with E-state index in [0.717, 1.165) is 31.8 Å². The Bertz CT molecular complexity index is 364. The Morgan fingerprint density at radius 1 is 1.47 bits per heavy atom. The number of fused-ring (bicyclic) bond motifs is 3. The molecule has 2 aliphatic heterocycles. The van der Waals surface area contributed by atoms with Gasteiger partial charge in [0.15, 0.2) is 0 Å². The van der Waals surface area contributed by atoms with Crippen LogP contribution < -0.4 is 5.73 Å². The van der Waals surface area contributed by atoms with E-state index >= 15 is 0 Å². The Hall–Kier alpha value is -0.870. The first kappa shape index (κ1) is 11.2. The molecule has 0 saturated carbocycles. The third kappa shape index (κ3) is 1.79. The molecule has 3 rings (SSSR count). The van der Waals surface area contributed by atoms with Gasteiger partial charge in [0, 0.05) is 32.2 Å². The molecule has 0 aromatic rings. The van der Waals surface area contributed by atoms with Crippen molar-refractivity contribution in [2.45, 2.75) is 31.3 Å². The lowest BCUT2D eigenvalue weighted by Crippen LogP contribution is -2.56. The summed E-state index contributed by atoms with van der Waals surface area (Å²) >= 11 is 0. The zero-order valence-corrected chi connectivity index (χ0v) is 10.1. The van der Waals surface area contributed by atoms with Gasteiger partial charge >= 0.3 is 0 Å². The fourth-order valence-electron chi connectivity index (χ4n) is 3.46. The summed E-state index contributed by atoms with van der Waals surface area (Å²) in [4.78, 5) is 4.67. The van der Waals surface area contributed by atoms with Crippen LogP contribution in [0.25, 0.3) is 0 Å². The van der Waals surface area contributed by atoms with Gasteiger partial charge in [0.25, 0.3) is 0 Å². The fraction of sp³-hybridized carbons (Fsp3) is 0.692. The van der Waals surface area contributed by atoms with Crippen molar-refractivity contribution in [2.75, 3.05) is 26.2 Å². The Kier molecular flexibility index (Phi) is 2.92. The smallest absolute Gasteiger partial charge is 0.143 e. The van der Waals surface area contributed by atoms with Crippen molar-refractivity contribution in [1.82, 2.24) is 9.80 Å². The average molecular weight is 237 g/mol. The summed E-state index contributed by atoms with van der Waals surface area (Å²) in [6.45, 7) is 3.60. The van der Waals surface area contributed by atoms with Crippen LogP contribution in [0, 0.1) is 0 Å². The molecule has 2 fully saturated rings. The van der Waals surface area contributed by atoms with Crippen LogP contribution >= 0.6 is 0 Å².